The van der Waals surface area contributed by atoms with Gasteiger partial charge in [-0.3, -0.25) is 0 Å². The van der Waals surface area contributed by atoms with E-state index in [9.17, 15) is 5.11 Å². The highest BCUT2D eigenvalue weighted by Crippen LogP contribution is 2.27. The van der Waals surface area contributed by atoms with Gasteiger partial charge in [-0.2, -0.15) is 0 Å². The molecule has 3 rings (SSSR count). The van der Waals surface area contributed by atoms with Crippen molar-refractivity contribution in [1.82, 2.24) is 9.78 Å². The second-order valence-corrected chi connectivity index (χ2v) is 5.26. The lowest BCUT2D eigenvalue weighted by Crippen LogP contribution is -2.09. The number of rotatable bonds is 4. The quantitative estimate of drug-likeness (QED) is 0.697. The van der Waals surface area contributed by atoms with Crippen LogP contribution in [0, 0.1) is 4.84 Å². The van der Waals surface area contributed by atoms with Crippen LogP contribution in [0.5, 0.6) is 5.75 Å². The molecule has 0 bridgehead atoms. The smallest absolute Gasteiger partial charge is 0.289 e. The van der Waals surface area contributed by atoms with Crippen molar-refractivity contribution in [3.05, 3.63) is 58.4 Å². The zero-order valence-electron chi connectivity index (χ0n) is 11.4. The van der Waals surface area contributed by atoms with Gasteiger partial charge in [0.15, 0.2) is 0 Å². The van der Waals surface area contributed by atoms with E-state index in [-0.39, 0.29) is 16.5 Å². The van der Waals surface area contributed by atoms with Crippen molar-refractivity contribution in [3.8, 4) is 17.2 Å². The van der Waals surface area contributed by atoms with E-state index in [4.69, 9.17) is 28.2 Å². The average molecular weight is 334 g/mol. The van der Waals surface area contributed by atoms with E-state index >= 15 is 0 Å². The summed E-state index contributed by atoms with van der Waals surface area (Å²) in [6, 6.07) is 14.2. The molecule has 0 aliphatic heterocycles. The molecule has 22 heavy (non-hydrogen) atoms. The maximum atomic E-state index is 9.83. The molecule has 0 atom stereocenters. The second-order valence-electron chi connectivity index (χ2n) is 4.50. The van der Waals surface area contributed by atoms with Crippen LogP contribution >= 0.6 is 23.8 Å². The minimum absolute atomic E-state index is 0.0879. The Morgan fingerprint density at radius 1 is 1.18 bits per heavy atom. The Labute approximate surface area is 136 Å². The maximum Gasteiger partial charge on any atom is 0.289 e. The van der Waals surface area contributed by atoms with Crippen molar-refractivity contribution >= 4 is 29.5 Å². The molecule has 1 aromatic heterocycles. The highest BCUT2D eigenvalue weighted by Gasteiger charge is 2.11. The molecule has 5 nitrogen and oxygen atoms in total. The number of aromatic nitrogens is 2. The molecule has 0 fully saturated rings. The molecule has 0 aliphatic rings. The van der Waals surface area contributed by atoms with Gasteiger partial charge in [0.1, 0.15) is 12.4 Å². The lowest BCUT2D eigenvalue weighted by atomic mass is 10.2. The average Bonchev–Trinajstić information content (AvgIpc) is 2.88. The molecule has 3 aromatic rings. The van der Waals surface area contributed by atoms with E-state index in [1.54, 1.807) is 30.3 Å². The predicted molar refractivity (Wildman–Crippen MR) is 87.5 cm³/mol. The van der Waals surface area contributed by atoms with Crippen LogP contribution in [0.4, 0.5) is 5.69 Å². The number of hydrogen-bond acceptors (Lipinski definition) is 5. The SMILES string of the molecule is Oc1ccccc1-c1nn(CNc2ccccc2Cl)c(=S)o1. The Hall–Kier alpha value is -2.31. The van der Waals surface area contributed by atoms with Crippen LogP contribution in [0.2, 0.25) is 5.02 Å². The summed E-state index contributed by atoms with van der Waals surface area (Å²) in [5.41, 5.74) is 1.27. The number of aromatic hydroxyl groups is 1. The van der Waals surface area contributed by atoms with Gasteiger partial charge in [0.25, 0.3) is 10.7 Å². The summed E-state index contributed by atoms with van der Waals surface area (Å²) in [5.74, 6) is 0.356. The topological polar surface area (TPSA) is 63.2 Å². The van der Waals surface area contributed by atoms with Gasteiger partial charge in [-0.1, -0.05) is 35.9 Å². The van der Waals surface area contributed by atoms with Crippen LogP contribution in [0.3, 0.4) is 0 Å². The normalized spacial score (nSPS) is 10.6. The fourth-order valence-electron chi connectivity index (χ4n) is 1.93. The Morgan fingerprint density at radius 3 is 2.68 bits per heavy atom. The number of benzene rings is 2. The molecular formula is C15H12ClN3O2S. The van der Waals surface area contributed by atoms with Crippen molar-refractivity contribution in [3.63, 3.8) is 0 Å². The summed E-state index contributed by atoms with van der Waals surface area (Å²) >= 11 is 11.2. The summed E-state index contributed by atoms with van der Waals surface area (Å²) in [4.78, 5) is 0.206. The third-order valence-corrected chi connectivity index (χ3v) is 3.66. The fourth-order valence-corrected chi connectivity index (χ4v) is 2.32. The predicted octanol–water partition coefficient (Wildman–Crippen LogP) is 4.30. The van der Waals surface area contributed by atoms with Crippen LogP contribution < -0.4 is 5.32 Å². The van der Waals surface area contributed by atoms with Crippen molar-refractivity contribution in [1.29, 1.82) is 0 Å². The first-order valence-corrected chi connectivity index (χ1v) is 7.28. The Morgan fingerprint density at radius 2 is 1.91 bits per heavy atom. The lowest BCUT2D eigenvalue weighted by molar-refractivity contribution is 0.471. The monoisotopic (exact) mass is 333 g/mol. The molecule has 2 N–H and O–H groups in total. The zero-order valence-corrected chi connectivity index (χ0v) is 12.9. The molecule has 1 heterocycles. The molecule has 7 heteroatoms. The minimum Gasteiger partial charge on any atom is -0.507 e. The summed E-state index contributed by atoms with van der Waals surface area (Å²) in [6.07, 6.45) is 0. The summed E-state index contributed by atoms with van der Waals surface area (Å²) in [5, 5.41) is 17.8. The van der Waals surface area contributed by atoms with Crippen molar-refractivity contribution in [2.24, 2.45) is 0 Å². The molecule has 0 spiro atoms. The van der Waals surface area contributed by atoms with Crippen molar-refractivity contribution in [2.45, 2.75) is 6.67 Å². The van der Waals surface area contributed by atoms with E-state index in [1.807, 2.05) is 18.2 Å². The largest absolute Gasteiger partial charge is 0.507 e. The fraction of sp³-hybridized carbons (Fsp3) is 0.0667. The van der Waals surface area contributed by atoms with Crippen LogP contribution in [0.1, 0.15) is 0 Å². The number of nitrogens with zero attached hydrogens (tertiary/aromatic N) is 2. The molecule has 0 saturated heterocycles. The standard InChI is InChI=1S/C15H12ClN3O2S/c16-11-6-2-3-7-12(11)17-9-19-15(22)21-14(18-19)10-5-1-4-8-13(10)20/h1-8,17,20H,9H2. The van der Waals surface area contributed by atoms with Crippen LogP contribution in [0.25, 0.3) is 11.5 Å². The second kappa shape index (κ2) is 6.21. The van der Waals surface area contributed by atoms with Gasteiger partial charge in [-0.25, -0.2) is 4.68 Å². The van der Waals surface area contributed by atoms with Gasteiger partial charge < -0.3 is 14.8 Å². The molecular weight excluding hydrogens is 322 g/mol. The molecule has 0 unspecified atom stereocenters. The summed E-state index contributed by atoms with van der Waals surface area (Å²) < 4.78 is 6.92. The lowest BCUT2D eigenvalue weighted by Gasteiger charge is -2.06. The van der Waals surface area contributed by atoms with Gasteiger partial charge >= 0.3 is 0 Å². The molecule has 112 valence electrons. The van der Waals surface area contributed by atoms with Gasteiger partial charge in [-0.05, 0) is 36.5 Å². The number of hydrogen-bond donors (Lipinski definition) is 2. The van der Waals surface area contributed by atoms with E-state index in [1.165, 1.54) is 4.68 Å². The van der Waals surface area contributed by atoms with Crippen molar-refractivity contribution < 1.29 is 9.52 Å². The maximum absolute atomic E-state index is 9.83. The van der Waals surface area contributed by atoms with Gasteiger partial charge in [0.2, 0.25) is 0 Å². The van der Waals surface area contributed by atoms with Gasteiger partial charge in [0, 0.05) is 0 Å². The zero-order chi connectivity index (χ0) is 15.5. The molecule has 0 saturated carbocycles. The summed E-state index contributed by atoms with van der Waals surface area (Å²) in [6.45, 7) is 0.305. The van der Waals surface area contributed by atoms with E-state index in [0.717, 1.165) is 5.69 Å². The van der Waals surface area contributed by atoms with Gasteiger partial charge in [-0.15, -0.1) is 5.10 Å². The van der Waals surface area contributed by atoms with Crippen LogP contribution in [-0.2, 0) is 6.67 Å². The number of nitrogens with one attached hydrogen (secondary N) is 1. The highest BCUT2D eigenvalue weighted by atomic mass is 35.5. The number of phenolic OH excluding ortho intramolecular Hbond substituents is 1. The third-order valence-electron chi connectivity index (χ3n) is 3.03. The highest BCUT2D eigenvalue weighted by molar-refractivity contribution is 7.71. The Balaban J connectivity index is 1.83. The Kier molecular flexibility index (Phi) is 4.13. The van der Waals surface area contributed by atoms with E-state index in [2.05, 4.69) is 10.4 Å². The first-order chi connectivity index (χ1) is 10.6. The molecule has 2 aromatic carbocycles. The first kappa shape index (κ1) is 14.6. The summed E-state index contributed by atoms with van der Waals surface area (Å²) in [7, 11) is 0. The number of para-hydroxylation sites is 2. The van der Waals surface area contributed by atoms with E-state index < -0.39 is 0 Å². The van der Waals surface area contributed by atoms with Gasteiger partial charge in [0.05, 0.1) is 16.3 Å². The molecule has 0 amide bonds. The number of halogens is 1. The molecule has 0 radical (unpaired) electrons. The molecule has 0 aliphatic carbocycles. The van der Waals surface area contributed by atoms with Crippen LogP contribution in [0.15, 0.2) is 52.9 Å². The number of phenols is 1. The first-order valence-electron chi connectivity index (χ1n) is 6.50. The number of anilines is 1. The van der Waals surface area contributed by atoms with E-state index in [0.29, 0.717) is 17.3 Å². The third kappa shape index (κ3) is 2.98. The van der Waals surface area contributed by atoms with Crippen molar-refractivity contribution in [2.75, 3.05) is 5.32 Å². The van der Waals surface area contributed by atoms with Crippen LogP contribution in [-0.4, -0.2) is 14.9 Å². The minimum atomic E-state index is 0.0879. The Bertz CT molecular complexity index is 860.